The van der Waals surface area contributed by atoms with Crippen LogP contribution >= 0.6 is 15.9 Å². The zero-order valence-electron chi connectivity index (χ0n) is 15.2. The normalized spacial score (nSPS) is 14.2. The summed E-state index contributed by atoms with van der Waals surface area (Å²) >= 11 is 3.34. The molecular formula is C21H16BrN3O3. The molecule has 0 spiro atoms. The molecule has 0 aliphatic carbocycles. The quantitative estimate of drug-likeness (QED) is 0.635. The fourth-order valence-electron chi connectivity index (χ4n) is 3.22. The van der Waals surface area contributed by atoms with Crippen LogP contribution in [-0.4, -0.2) is 20.4 Å². The van der Waals surface area contributed by atoms with Crippen molar-refractivity contribution in [3.63, 3.8) is 0 Å². The maximum Gasteiger partial charge on any atom is 0.335 e. The largest absolute Gasteiger partial charge is 0.494 e. The number of fused-ring (bicyclic) bond motifs is 1. The predicted octanol–water partition coefficient (Wildman–Crippen LogP) is 3.95. The Morgan fingerprint density at radius 1 is 1.11 bits per heavy atom. The number of hydrogen-bond donors (Lipinski definition) is 2. The van der Waals surface area contributed by atoms with Crippen molar-refractivity contribution in [1.82, 2.24) is 9.55 Å². The Labute approximate surface area is 168 Å². The van der Waals surface area contributed by atoms with Crippen LogP contribution in [0, 0.1) is 6.92 Å². The van der Waals surface area contributed by atoms with Gasteiger partial charge in [0, 0.05) is 21.3 Å². The molecule has 0 atom stereocenters. The Morgan fingerprint density at radius 2 is 1.82 bits per heavy atom. The molecule has 6 nitrogen and oxygen atoms in total. The number of nitrogens with one attached hydrogen (secondary N) is 1. The maximum absolute atomic E-state index is 12.5. The monoisotopic (exact) mass is 437 g/mol. The summed E-state index contributed by atoms with van der Waals surface area (Å²) in [6.07, 6.45) is 1.58. The van der Waals surface area contributed by atoms with E-state index in [-0.39, 0.29) is 5.56 Å². The van der Waals surface area contributed by atoms with Gasteiger partial charge in [0.05, 0.1) is 11.4 Å². The topological polar surface area (TPSA) is 87.4 Å². The van der Waals surface area contributed by atoms with Crippen molar-refractivity contribution in [2.24, 2.45) is 4.99 Å². The van der Waals surface area contributed by atoms with Crippen molar-refractivity contribution in [2.75, 3.05) is 0 Å². The number of rotatable bonds is 2. The fraction of sp³-hybridized carbons (Fsp3) is 0.0952. The summed E-state index contributed by atoms with van der Waals surface area (Å²) in [6.45, 7) is 3.82. The molecule has 1 aromatic heterocycles. The summed E-state index contributed by atoms with van der Waals surface area (Å²) in [4.78, 5) is 31.6. The predicted molar refractivity (Wildman–Crippen MR) is 114 cm³/mol. The molecule has 2 N–H and O–H groups in total. The Bertz CT molecular complexity index is 1280. The zero-order valence-corrected chi connectivity index (χ0v) is 16.7. The molecule has 3 aromatic rings. The van der Waals surface area contributed by atoms with Crippen molar-refractivity contribution in [3.8, 4) is 11.6 Å². The lowest BCUT2D eigenvalue weighted by Gasteiger charge is -2.11. The molecule has 2 heterocycles. The lowest BCUT2D eigenvalue weighted by Crippen LogP contribution is -2.30. The molecule has 1 aliphatic heterocycles. The maximum atomic E-state index is 12.5. The van der Waals surface area contributed by atoms with E-state index in [9.17, 15) is 14.7 Å². The Hall–Kier alpha value is -3.19. The summed E-state index contributed by atoms with van der Waals surface area (Å²) in [6, 6.07) is 12.7. The third-order valence-electron chi connectivity index (χ3n) is 4.61. The molecule has 7 heteroatoms. The Kier molecular flexibility index (Phi) is 4.39. The first-order valence-corrected chi connectivity index (χ1v) is 9.37. The first-order chi connectivity index (χ1) is 13.3. The summed E-state index contributed by atoms with van der Waals surface area (Å²) in [5, 5.41) is 10.8. The molecular weight excluding hydrogens is 422 g/mol. The molecule has 28 heavy (non-hydrogen) atoms. The number of hydrogen-bond acceptors (Lipinski definition) is 4. The van der Waals surface area contributed by atoms with E-state index in [2.05, 4.69) is 25.9 Å². The molecule has 1 aliphatic rings. The van der Waals surface area contributed by atoms with E-state index in [4.69, 9.17) is 0 Å². The molecule has 4 rings (SSSR count). The molecule has 0 fully saturated rings. The van der Waals surface area contributed by atoms with Crippen LogP contribution in [0.4, 0.5) is 5.69 Å². The molecule has 0 amide bonds. The van der Waals surface area contributed by atoms with E-state index in [0.29, 0.717) is 5.69 Å². The number of aromatic nitrogens is 2. The van der Waals surface area contributed by atoms with Gasteiger partial charge in [0.1, 0.15) is 5.56 Å². The number of aliphatic imine (C=N–C) groups is 1. The molecule has 0 bridgehead atoms. The van der Waals surface area contributed by atoms with Crippen LogP contribution in [0.25, 0.3) is 17.3 Å². The van der Waals surface area contributed by atoms with Gasteiger partial charge in [-0.3, -0.25) is 14.8 Å². The van der Waals surface area contributed by atoms with Crippen LogP contribution in [0.1, 0.15) is 23.6 Å². The van der Waals surface area contributed by atoms with Gasteiger partial charge in [0.15, 0.2) is 0 Å². The smallest absolute Gasteiger partial charge is 0.335 e. The lowest BCUT2D eigenvalue weighted by atomic mass is 9.99. The van der Waals surface area contributed by atoms with Gasteiger partial charge in [0.2, 0.25) is 5.88 Å². The zero-order chi connectivity index (χ0) is 20.0. The first-order valence-electron chi connectivity index (χ1n) is 8.58. The van der Waals surface area contributed by atoms with E-state index >= 15 is 0 Å². The third kappa shape index (κ3) is 3.03. The van der Waals surface area contributed by atoms with E-state index in [1.54, 1.807) is 30.3 Å². The van der Waals surface area contributed by atoms with Gasteiger partial charge in [-0.2, -0.15) is 0 Å². The number of aromatic amines is 1. The number of halogens is 1. The van der Waals surface area contributed by atoms with E-state index in [0.717, 1.165) is 37.1 Å². The van der Waals surface area contributed by atoms with Crippen molar-refractivity contribution >= 4 is 39.0 Å². The number of benzene rings is 2. The number of aromatic hydroxyl groups is 1. The highest BCUT2D eigenvalue weighted by Gasteiger charge is 2.21. The van der Waals surface area contributed by atoms with Gasteiger partial charge in [-0.15, -0.1) is 0 Å². The van der Waals surface area contributed by atoms with Gasteiger partial charge >= 0.3 is 5.69 Å². The van der Waals surface area contributed by atoms with Crippen LogP contribution in [0.3, 0.4) is 0 Å². The van der Waals surface area contributed by atoms with Gasteiger partial charge in [-0.1, -0.05) is 27.6 Å². The average molecular weight is 438 g/mol. The highest BCUT2D eigenvalue weighted by Crippen LogP contribution is 2.37. The Morgan fingerprint density at radius 3 is 2.54 bits per heavy atom. The van der Waals surface area contributed by atoms with Crippen LogP contribution in [0.5, 0.6) is 5.88 Å². The number of H-pyrrole nitrogens is 1. The minimum absolute atomic E-state index is 0.00132. The molecule has 0 saturated carbocycles. The van der Waals surface area contributed by atoms with Crippen molar-refractivity contribution in [3.05, 3.63) is 84.5 Å². The number of allylic oxidation sites excluding steroid dienone is 1. The minimum atomic E-state index is -0.708. The second-order valence-corrected chi connectivity index (χ2v) is 7.50. The molecule has 0 unspecified atom stereocenters. The Balaban J connectivity index is 1.94. The lowest BCUT2D eigenvalue weighted by molar-refractivity contribution is 0.429. The van der Waals surface area contributed by atoms with E-state index in [1.807, 2.05) is 32.0 Å². The van der Waals surface area contributed by atoms with Crippen LogP contribution in [-0.2, 0) is 0 Å². The van der Waals surface area contributed by atoms with E-state index in [1.165, 1.54) is 0 Å². The summed E-state index contributed by atoms with van der Waals surface area (Å²) in [5.74, 6) is -0.419. The van der Waals surface area contributed by atoms with Gasteiger partial charge in [-0.05, 0) is 56.3 Å². The highest BCUT2D eigenvalue weighted by atomic mass is 79.9. The van der Waals surface area contributed by atoms with Crippen molar-refractivity contribution in [2.45, 2.75) is 13.8 Å². The standard InChI is InChI=1S/C21H16BrN3O3/c1-11-3-8-18-16(9-11)15(12(2)23-18)10-17-19(26)24-21(28)25(20(17)27)14-6-4-13(22)5-7-14/h3-10,27H,1-2H3,(H,24,26,28). The number of nitrogens with zero attached hydrogens (tertiary/aromatic N) is 2. The van der Waals surface area contributed by atoms with Crippen LogP contribution in [0.2, 0.25) is 0 Å². The van der Waals surface area contributed by atoms with Crippen molar-refractivity contribution < 1.29 is 5.11 Å². The van der Waals surface area contributed by atoms with Crippen LogP contribution in [0.15, 0.2) is 61.5 Å². The molecule has 0 saturated heterocycles. The number of aryl methyl sites for hydroxylation is 1. The fourth-order valence-corrected chi connectivity index (χ4v) is 3.49. The highest BCUT2D eigenvalue weighted by molar-refractivity contribution is 9.10. The summed E-state index contributed by atoms with van der Waals surface area (Å²) in [5.41, 5.74) is 3.31. The SMILES string of the molecule is CC1=Nc2ccc(C)cc2C1=Cc1c(O)n(-c2ccc(Br)cc2)c(=O)[nH]c1=O. The summed E-state index contributed by atoms with van der Waals surface area (Å²) in [7, 11) is 0. The minimum Gasteiger partial charge on any atom is -0.494 e. The van der Waals surface area contributed by atoms with E-state index < -0.39 is 17.1 Å². The third-order valence-corrected chi connectivity index (χ3v) is 5.14. The molecule has 140 valence electrons. The van der Waals surface area contributed by atoms with Gasteiger partial charge in [0.25, 0.3) is 5.56 Å². The summed E-state index contributed by atoms with van der Waals surface area (Å²) < 4.78 is 1.90. The van der Waals surface area contributed by atoms with Crippen molar-refractivity contribution in [1.29, 1.82) is 0 Å². The second kappa shape index (κ2) is 6.76. The molecule has 2 aromatic carbocycles. The molecule has 0 radical (unpaired) electrons. The van der Waals surface area contributed by atoms with Gasteiger partial charge < -0.3 is 5.11 Å². The average Bonchev–Trinajstić information content (AvgIpc) is 2.94. The first kappa shape index (κ1) is 18.2. The second-order valence-electron chi connectivity index (χ2n) is 6.58. The van der Waals surface area contributed by atoms with Crippen LogP contribution < -0.4 is 11.2 Å². The van der Waals surface area contributed by atoms with Gasteiger partial charge in [-0.25, -0.2) is 9.36 Å².